The largest absolute Gasteiger partial charge is 0.489 e. The van der Waals surface area contributed by atoms with Crippen molar-refractivity contribution >= 4 is 39.2 Å². The van der Waals surface area contributed by atoms with Crippen molar-refractivity contribution in [3.63, 3.8) is 0 Å². The number of carbonyl (C=O) groups excluding carboxylic acids is 1. The molecule has 1 aromatic heterocycles. The van der Waals surface area contributed by atoms with Gasteiger partial charge in [-0.3, -0.25) is 9.78 Å². The molecule has 2 fully saturated rings. The molecule has 0 amide bonds. The first kappa shape index (κ1) is 31.4. The molecule has 1 aliphatic carbocycles. The Morgan fingerprint density at radius 1 is 1.02 bits per heavy atom. The number of carbonyl (C=O) groups is 1. The molecule has 3 aromatic rings. The predicted molar refractivity (Wildman–Crippen MR) is 157 cm³/mol. The average Bonchev–Trinajstić information content (AvgIpc) is 3.65. The van der Waals surface area contributed by atoms with Gasteiger partial charge in [-0.2, -0.15) is 13.1 Å². The van der Waals surface area contributed by atoms with E-state index in [4.69, 9.17) is 32.7 Å². The van der Waals surface area contributed by atoms with Crippen LogP contribution in [0.25, 0.3) is 0 Å². The van der Waals surface area contributed by atoms with E-state index < -0.39 is 34.7 Å². The Bertz CT molecular complexity index is 1520. The first-order valence-corrected chi connectivity index (χ1v) is 16.2. The Morgan fingerprint density at radius 2 is 1.74 bits per heavy atom. The Morgan fingerprint density at radius 3 is 2.42 bits per heavy atom. The van der Waals surface area contributed by atoms with Crippen molar-refractivity contribution < 1.29 is 36.2 Å². The maximum atomic E-state index is 13.7. The summed E-state index contributed by atoms with van der Waals surface area (Å²) in [7, 11) is -3.84. The topological polar surface area (TPSA) is 95.0 Å². The van der Waals surface area contributed by atoms with E-state index in [1.54, 1.807) is 30.3 Å². The minimum absolute atomic E-state index is 0.00648. The van der Waals surface area contributed by atoms with Gasteiger partial charge < -0.3 is 14.2 Å². The second kappa shape index (κ2) is 13.8. The van der Waals surface area contributed by atoms with Crippen LogP contribution in [0.15, 0.2) is 60.9 Å². The van der Waals surface area contributed by atoms with Gasteiger partial charge in [-0.1, -0.05) is 59.6 Å². The zero-order valence-corrected chi connectivity index (χ0v) is 25.3. The number of ether oxygens (including phenoxy) is 3. The molecule has 8 nitrogen and oxygen atoms in total. The summed E-state index contributed by atoms with van der Waals surface area (Å²) in [6.45, 7) is -2.56. The Hall–Kier alpha value is -2.99. The number of halogens is 4. The lowest BCUT2D eigenvalue weighted by molar-refractivity contribution is -0.153. The molecule has 2 heterocycles. The molecular formula is C30H30Cl2F2N2O6S. The summed E-state index contributed by atoms with van der Waals surface area (Å²) >= 11 is 12.8. The first-order chi connectivity index (χ1) is 20.6. The maximum Gasteiger partial charge on any atom is 0.387 e. The predicted octanol–water partition coefficient (Wildman–Crippen LogP) is 6.60. The zero-order valence-electron chi connectivity index (χ0n) is 23.0. The summed E-state index contributed by atoms with van der Waals surface area (Å²) in [6.07, 6.45) is 4.53. The molecule has 43 heavy (non-hydrogen) atoms. The molecular weight excluding hydrogens is 625 g/mol. The van der Waals surface area contributed by atoms with Crippen LogP contribution in [0.5, 0.6) is 11.5 Å². The Kier molecular flexibility index (Phi) is 10.1. The van der Waals surface area contributed by atoms with Crippen LogP contribution in [-0.2, 0) is 31.7 Å². The monoisotopic (exact) mass is 654 g/mol. The van der Waals surface area contributed by atoms with Crippen molar-refractivity contribution in [2.24, 2.45) is 5.92 Å². The number of aromatic nitrogens is 1. The lowest BCUT2D eigenvalue weighted by Crippen LogP contribution is -2.42. The quantitative estimate of drug-likeness (QED) is 0.192. The van der Waals surface area contributed by atoms with Crippen LogP contribution in [0.1, 0.15) is 48.5 Å². The van der Waals surface area contributed by atoms with Gasteiger partial charge in [0.05, 0.1) is 22.4 Å². The second-order valence-electron chi connectivity index (χ2n) is 10.6. The third-order valence-electron chi connectivity index (χ3n) is 7.35. The molecule has 2 aliphatic rings. The van der Waals surface area contributed by atoms with Gasteiger partial charge >= 0.3 is 12.6 Å². The fourth-order valence-electron chi connectivity index (χ4n) is 4.96. The van der Waals surface area contributed by atoms with E-state index in [9.17, 15) is 22.0 Å². The molecule has 13 heteroatoms. The molecule has 0 unspecified atom stereocenters. The molecule has 230 valence electrons. The van der Waals surface area contributed by atoms with E-state index in [0.29, 0.717) is 35.6 Å². The number of nitrogens with zero attached hydrogens (tertiary/aromatic N) is 2. The number of pyridine rings is 1. The standard InChI is InChI=1S/C30H30Cl2F2N2O6S/c31-23-15-35-16-24(32)22(23)14-27(21-10-11-26(42-30(33)34)28(13-21)40-17-19-8-9-19)41-29(37)25-7-4-12-36(25)43(38,39)18-20-5-2-1-3-6-20/h1-3,5-6,10-11,13,15-16,19,25,27,30H,4,7-9,12,14,17-18H2/t25-,27-/m0/s1. The van der Waals surface area contributed by atoms with Gasteiger partial charge in [-0.25, -0.2) is 8.42 Å². The van der Waals surface area contributed by atoms with E-state index in [1.807, 2.05) is 0 Å². The van der Waals surface area contributed by atoms with Crippen molar-refractivity contribution in [1.82, 2.24) is 9.29 Å². The molecule has 0 N–H and O–H groups in total. The van der Waals surface area contributed by atoms with Gasteiger partial charge in [-0.05, 0) is 60.4 Å². The molecule has 2 aromatic carbocycles. The van der Waals surface area contributed by atoms with Crippen molar-refractivity contribution in [3.8, 4) is 11.5 Å². The lowest BCUT2D eigenvalue weighted by Gasteiger charge is -2.26. The molecule has 1 saturated heterocycles. The second-order valence-corrected chi connectivity index (χ2v) is 13.3. The minimum atomic E-state index is -3.84. The molecule has 1 aliphatic heterocycles. The highest BCUT2D eigenvalue weighted by Gasteiger charge is 2.40. The number of hydrogen-bond acceptors (Lipinski definition) is 7. The summed E-state index contributed by atoms with van der Waals surface area (Å²) in [5.74, 6) is -0.744. The highest BCUT2D eigenvalue weighted by Crippen LogP contribution is 2.38. The molecule has 1 saturated carbocycles. The molecule has 0 radical (unpaired) electrons. The van der Waals surface area contributed by atoms with Crippen molar-refractivity contribution in [2.75, 3.05) is 13.2 Å². The van der Waals surface area contributed by atoms with Gasteiger partial charge in [0, 0.05) is 25.4 Å². The summed E-state index contributed by atoms with van der Waals surface area (Å²) < 4.78 is 70.6. The average molecular weight is 656 g/mol. The van der Waals surface area contributed by atoms with Crippen molar-refractivity contribution in [2.45, 2.75) is 56.6 Å². The van der Waals surface area contributed by atoms with E-state index in [1.165, 1.54) is 34.9 Å². The minimum Gasteiger partial charge on any atom is -0.489 e. The SMILES string of the molecule is O=C(O[C@@H](Cc1c(Cl)cncc1Cl)c1ccc(OC(F)F)c(OCC2CC2)c1)[C@@H]1CCCN1S(=O)(=O)Cc1ccccc1. The lowest BCUT2D eigenvalue weighted by atomic mass is 10.0. The van der Waals surface area contributed by atoms with Crippen molar-refractivity contribution in [3.05, 3.63) is 87.7 Å². The third-order valence-corrected chi connectivity index (χ3v) is 9.85. The van der Waals surface area contributed by atoms with E-state index in [2.05, 4.69) is 9.72 Å². The highest BCUT2D eigenvalue weighted by atomic mass is 35.5. The van der Waals surface area contributed by atoms with Gasteiger partial charge in [0.1, 0.15) is 12.1 Å². The fourth-order valence-corrected chi connectivity index (χ4v) is 7.25. The van der Waals surface area contributed by atoms with Crippen LogP contribution >= 0.6 is 23.2 Å². The summed E-state index contributed by atoms with van der Waals surface area (Å²) in [6, 6.07) is 12.0. The van der Waals surface area contributed by atoms with Gasteiger partial charge in [0.2, 0.25) is 10.0 Å². The van der Waals surface area contributed by atoms with Crippen LogP contribution in [0.2, 0.25) is 10.0 Å². The Labute approximate surface area is 258 Å². The fraction of sp³-hybridized carbons (Fsp3) is 0.400. The normalized spacial score (nSPS) is 18.0. The number of alkyl halides is 2. The van der Waals surface area contributed by atoms with Crippen LogP contribution in [0.3, 0.4) is 0 Å². The number of sulfonamides is 1. The van der Waals surface area contributed by atoms with Crippen molar-refractivity contribution in [1.29, 1.82) is 0 Å². The summed E-state index contributed by atoms with van der Waals surface area (Å²) in [5.41, 5.74) is 1.46. The summed E-state index contributed by atoms with van der Waals surface area (Å²) in [4.78, 5) is 17.6. The molecule has 5 rings (SSSR count). The number of hydrogen-bond donors (Lipinski definition) is 0. The molecule has 0 bridgehead atoms. The van der Waals surface area contributed by atoms with Gasteiger partial charge in [0.15, 0.2) is 11.5 Å². The first-order valence-electron chi connectivity index (χ1n) is 13.8. The van der Waals surface area contributed by atoms with E-state index >= 15 is 0 Å². The van der Waals surface area contributed by atoms with Gasteiger partial charge in [0.25, 0.3) is 0 Å². The highest BCUT2D eigenvalue weighted by molar-refractivity contribution is 7.88. The summed E-state index contributed by atoms with van der Waals surface area (Å²) in [5, 5.41) is 0.480. The zero-order chi connectivity index (χ0) is 30.6. The maximum absolute atomic E-state index is 13.7. The molecule has 2 atom stereocenters. The smallest absolute Gasteiger partial charge is 0.387 e. The number of rotatable bonds is 13. The number of benzene rings is 2. The Balaban J connectivity index is 1.43. The van der Waals surface area contributed by atoms with Crippen LogP contribution < -0.4 is 9.47 Å². The van der Waals surface area contributed by atoms with Crippen LogP contribution in [0, 0.1) is 5.92 Å². The third kappa shape index (κ3) is 8.14. The van der Waals surface area contributed by atoms with E-state index in [0.717, 1.165) is 12.8 Å². The molecule has 0 spiro atoms. The number of esters is 1. The van der Waals surface area contributed by atoms with Crippen LogP contribution in [0.4, 0.5) is 8.78 Å². The van der Waals surface area contributed by atoms with Crippen LogP contribution in [-0.4, -0.2) is 49.5 Å². The van der Waals surface area contributed by atoms with Gasteiger partial charge in [-0.15, -0.1) is 0 Å². The van der Waals surface area contributed by atoms with E-state index in [-0.39, 0.29) is 46.7 Å².